The molecule has 0 unspecified atom stereocenters. The molecule has 2 aromatic heterocycles. The molecule has 2 heterocycles. The predicted octanol–water partition coefficient (Wildman–Crippen LogP) is 12.8. The van der Waals surface area contributed by atoms with Crippen LogP contribution in [0.3, 0.4) is 0 Å². The van der Waals surface area contributed by atoms with Gasteiger partial charge >= 0.3 is 0 Å². The molecule has 0 fully saturated rings. The number of rotatable bonds is 5. The van der Waals surface area contributed by atoms with Crippen molar-refractivity contribution in [1.29, 1.82) is 0 Å². The molecule has 0 radical (unpaired) electrons. The maximum absolute atomic E-state index is 4.42. The largest absolute Gasteiger partial charge is 0.310 e. The molecular weight excluding hydrogens is 619 g/mol. The van der Waals surface area contributed by atoms with E-state index in [1.807, 2.05) is 18.5 Å². The van der Waals surface area contributed by atoms with E-state index in [-0.39, 0.29) is 5.41 Å². The number of para-hydroxylation sites is 1. The molecule has 0 aliphatic heterocycles. The van der Waals surface area contributed by atoms with Crippen LogP contribution >= 0.6 is 0 Å². The van der Waals surface area contributed by atoms with Gasteiger partial charge in [0.2, 0.25) is 0 Å². The van der Waals surface area contributed by atoms with E-state index < -0.39 is 0 Å². The first-order valence-electron chi connectivity index (χ1n) is 17.6. The monoisotopic (exact) mass is 653 g/mol. The van der Waals surface area contributed by atoms with Crippen LogP contribution in [-0.2, 0) is 5.41 Å². The van der Waals surface area contributed by atoms with Gasteiger partial charge in [-0.1, -0.05) is 117 Å². The minimum absolute atomic E-state index is 0.110. The fourth-order valence-electron chi connectivity index (χ4n) is 8.40. The Morgan fingerprint density at radius 1 is 0.490 bits per heavy atom. The van der Waals surface area contributed by atoms with E-state index in [0.717, 1.165) is 28.2 Å². The molecule has 0 spiro atoms. The van der Waals surface area contributed by atoms with Crippen LogP contribution in [0.5, 0.6) is 0 Å². The Morgan fingerprint density at radius 3 is 2.08 bits per heavy atom. The van der Waals surface area contributed by atoms with Gasteiger partial charge in [-0.3, -0.25) is 4.98 Å². The van der Waals surface area contributed by atoms with E-state index in [0.29, 0.717) is 0 Å². The highest BCUT2D eigenvalue weighted by Crippen LogP contribution is 2.51. The molecule has 1 aliphatic carbocycles. The van der Waals surface area contributed by atoms with E-state index in [4.69, 9.17) is 0 Å². The predicted molar refractivity (Wildman–Crippen MR) is 214 cm³/mol. The summed E-state index contributed by atoms with van der Waals surface area (Å²) in [6.07, 6.45) is 3.76. The molecule has 0 amide bonds. The van der Waals surface area contributed by atoms with Crippen molar-refractivity contribution in [1.82, 2.24) is 9.55 Å². The van der Waals surface area contributed by atoms with Gasteiger partial charge in [0, 0.05) is 56.6 Å². The second kappa shape index (κ2) is 11.3. The minimum atomic E-state index is -0.110. The third-order valence-corrected chi connectivity index (χ3v) is 10.8. The first-order valence-corrected chi connectivity index (χ1v) is 17.6. The number of benzene rings is 7. The molecule has 51 heavy (non-hydrogen) atoms. The number of aromatic nitrogens is 2. The van der Waals surface area contributed by atoms with E-state index in [9.17, 15) is 0 Å². The fourth-order valence-corrected chi connectivity index (χ4v) is 8.40. The quantitative estimate of drug-likeness (QED) is 0.184. The van der Waals surface area contributed by atoms with Crippen molar-refractivity contribution in [3.8, 4) is 27.9 Å². The van der Waals surface area contributed by atoms with Crippen LogP contribution in [0.25, 0.3) is 60.5 Å². The van der Waals surface area contributed by atoms with Crippen molar-refractivity contribution in [2.24, 2.45) is 0 Å². The Balaban J connectivity index is 1.21. The van der Waals surface area contributed by atoms with Gasteiger partial charge in [-0.2, -0.15) is 0 Å². The molecule has 0 bridgehead atoms. The van der Waals surface area contributed by atoms with Crippen molar-refractivity contribution >= 4 is 49.6 Å². The highest BCUT2D eigenvalue weighted by molar-refractivity contribution is 6.12. The molecule has 10 rings (SSSR count). The smallest absolute Gasteiger partial charge is 0.0542 e. The van der Waals surface area contributed by atoms with Gasteiger partial charge in [0.15, 0.2) is 0 Å². The van der Waals surface area contributed by atoms with Gasteiger partial charge in [-0.05, 0) is 93.9 Å². The SMILES string of the molecule is CC1(C)c2ccccc2-c2ccc(N(c3cccc(-c4cccnc4)c3)c3ccc4c(c3)c3ccccc3n4-c3cccc4ccccc34)cc21. The summed E-state index contributed by atoms with van der Waals surface area (Å²) in [7, 11) is 0. The normalized spacial score (nSPS) is 13.1. The van der Waals surface area contributed by atoms with Crippen LogP contribution in [-0.4, -0.2) is 9.55 Å². The summed E-state index contributed by atoms with van der Waals surface area (Å²) in [6.45, 7) is 4.70. The van der Waals surface area contributed by atoms with Crippen molar-refractivity contribution in [3.05, 3.63) is 187 Å². The molecule has 0 saturated carbocycles. The van der Waals surface area contributed by atoms with Crippen molar-refractivity contribution in [2.75, 3.05) is 4.90 Å². The number of nitrogens with zero attached hydrogens (tertiary/aromatic N) is 3. The highest BCUT2D eigenvalue weighted by atomic mass is 15.1. The van der Waals surface area contributed by atoms with Gasteiger partial charge in [0.05, 0.1) is 16.7 Å². The fraction of sp³-hybridized carbons (Fsp3) is 0.0625. The lowest BCUT2D eigenvalue weighted by molar-refractivity contribution is 0.660. The molecular formula is C48H35N3. The molecule has 0 saturated heterocycles. The molecule has 3 heteroatoms. The third-order valence-electron chi connectivity index (χ3n) is 10.8. The van der Waals surface area contributed by atoms with E-state index >= 15 is 0 Å². The molecule has 0 N–H and O–H groups in total. The number of fused-ring (bicyclic) bond motifs is 7. The van der Waals surface area contributed by atoms with Gasteiger partial charge in [-0.15, -0.1) is 0 Å². The van der Waals surface area contributed by atoms with Crippen LogP contribution in [0, 0.1) is 0 Å². The van der Waals surface area contributed by atoms with Crippen LogP contribution in [0.2, 0.25) is 0 Å². The second-order valence-corrected chi connectivity index (χ2v) is 14.1. The van der Waals surface area contributed by atoms with E-state index in [1.165, 1.54) is 60.5 Å². The average Bonchev–Trinajstić information content (AvgIpc) is 3.63. The molecule has 1 aliphatic rings. The molecule has 3 nitrogen and oxygen atoms in total. The maximum atomic E-state index is 4.42. The van der Waals surface area contributed by atoms with E-state index in [2.05, 4.69) is 186 Å². The Morgan fingerprint density at radius 2 is 1.18 bits per heavy atom. The Hall–Kier alpha value is -6.45. The minimum Gasteiger partial charge on any atom is -0.310 e. The highest BCUT2D eigenvalue weighted by Gasteiger charge is 2.35. The molecule has 9 aromatic rings. The van der Waals surface area contributed by atoms with E-state index in [1.54, 1.807) is 0 Å². The van der Waals surface area contributed by atoms with Crippen molar-refractivity contribution in [2.45, 2.75) is 19.3 Å². The number of anilines is 3. The third kappa shape index (κ3) is 4.55. The van der Waals surface area contributed by atoms with Crippen LogP contribution < -0.4 is 4.90 Å². The standard InChI is InChI=1S/C48H35N3/c1-48(2)43-20-7-5-18-39(43)40-25-23-37(30-44(40)48)50(35-16-9-14-33(28-35)34-15-11-27-49-31-34)36-24-26-47-42(29-36)41-19-6-8-21-46(41)51(47)45-22-10-13-32-12-3-4-17-38(32)45/h3-31H,1-2H3. The zero-order valence-corrected chi connectivity index (χ0v) is 28.6. The number of hydrogen-bond donors (Lipinski definition) is 0. The lowest BCUT2D eigenvalue weighted by atomic mass is 9.82. The maximum Gasteiger partial charge on any atom is 0.0542 e. The molecule has 7 aromatic carbocycles. The van der Waals surface area contributed by atoms with Crippen LogP contribution in [0.15, 0.2) is 176 Å². The number of hydrogen-bond acceptors (Lipinski definition) is 2. The zero-order valence-electron chi connectivity index (χ0n) is 28.6. The summed E-state index contributed by atoms with van der Waals surface area (Å²) >= 11 is 0. The van der Waals surface area contributed by atoms with Crippen molar-refractivity contribution in [3.63, 3.8) is 0 Å². The second-order valence-electron chi connectivity index (χ2n) is 14.1. The lowest BCUT2D eigenvalue weighted by Crippen LogP contribution is -2.16. The first kappa shape index (κ1) is 29.5. The van der Waals surface area contributed by atoms with Gasteiger partial charge in [0.25, 0.3) is 0 Å². The van der Waals surface area contributed by atoms with Crippen LogP contribution in [0.4, 0.5) is 17.1 Å². The zero-order chi connectivity index (χ0) is 34.1. The summed E-state index contributed by atoms with van der Waals surface area (Å²) in [5.74, 6) is 0. The molecule has 242 valence electrons. The summed E-state index contributed by atoms with van der Waals surface area (Å²) in [6, 6.07) is 59.8. The molecule has 0 atom stereocenters. The average molecular weight is 654 g/mol. The van der Waals surface area contributed by atoms with Crippen molar-refractivity contribution < 1.29 is 0 Å². The lowest BCUT2D eigenvalue weighted by Gasteiger charge is -2.28. The van der Waals surface area contributed by atoms with Gasteiger partial charge in [0.1, 0.15) is 0 Å². The summed E-state index contributed by atoms with van der Waals surface area (Å²) < 4.78 is 2.43. The Labute approximate surface area is 297 Å². The topological polar surface area (TPSA) is 21.1 Å². The van der Waals surface area contributed by atoms with Crippen LogP contribution in [0.1, 0.15) is 25.0 Å². The van der Waals surface area contributed by atoms with Gasteiger partial charge < -0.3 is 9.47 Å². The first-order chi connectivity index (χ1) is 25.1. The Bertz CT molecular complexity index is 2780. The Kier molecular flexibility index (Phi) is 6.53. The summed E-state index contributed by atoms with van der Waals surface area (Å²) in [5.41, 5.74) is 14.4. The summed E-state index contributed by atoms with van der Waals surface area (Å²) in [4.78, 5) is 6.84. The van der Waals surface area contributed by atoms with Gasteiger partial charge in [-0.25, -0.2) is 0 Å². The summed E-state index contributed by atoms with van der Waals surface area (Å²) in [5, 5.41) is 4.93. The number of pyridine rings is 1.